The average molecular weight is 282 g/mol. The molecule has 1 unspecified atom stereocenters. The zero-order valence-electron chi connectivity index (χ0n) is 10.6. The molecule has 0 aliphatic heterocycles. The molecule has 0 aliphatic carbocycles. The molecule has 1 rings (SSSR count). The highest BCUT2D eigenvalue weighted by atomic mass is 19.4. The minimum absolute atomic E-state index is 0.0516. The van der Waals surface area contributed by atoms with Gasteiger partial charge in [0.25, 0.3) is 0 Å². The summed E-state index contributed by atoms with van der Waals surface area (Å²) in [4.78, 5) is 0. The third-order valence-electron chi connectivity index (χ3n) is 2.94. The number of halogens is 5. The third kappa shape index (κ3) is 3.65. The summed E-state index contributed by atoms with van der Waals surface area (Å²) in [6, 6.07) is 6.01. The first-order valence-corrected chi connectivity index (χ1v) is 5.76. The second kappa shape index (κ2) is 5.07. The molecule has 1 atom stereocenters. The van der Waals surface area contributed by atoms with Gasteiger partial charge in [0, 0.05) is 0 Å². The first-order valence-electron chi connectivity index (χ1n) is 5.76. The fraction of sp³-hybridized carbons (Fsp3) is 0.538. The maximum Gasteiger partial charge on any atom is 0.453 e. The molecule has 0 fully saturated rings. The summed E-state index contributed by atoms with van der Waals surface area (Å²) in [5, 5.41) is 9.92. The molecule has 1 aromatic rings. The molecule has 0 aliphatic rings. The van der Waals surface area contributed by atoms with Crippen molar-refractivity contribution in [2.24, 2.45) is 0 Å². The van der Waals surface area contributed by atoms with Crippen LogP contribution >= 0.6 is 0 Å². The molecule has 0 bridgehead atoms. The van der Waals surface area contributed by atoms with Gasteiger partial charge >= 0.3 is 12.1 Å². The van der Waals surface area contributed by atoms with Crippen molar-refractivity contribution in [1.29, 1.82) is 0 Å². The number of benzene rings is 1. The maximum atomic E-state index is 13.0. The lowest BCUT2D eigenvalue weighted by atomic mass is 9.88. The Morgan fingerprint density at radius 3 is 2.16 bits per heavy atom. The summed E-state index contributed by atoms with van der Waals surface area (Å²) in [5.41, 5.74) is -1.44. The average Bonchev–Trinajstić information content (AvgIpc) is 2.26. The second-order valence-corrected chi connectivity index (χ2v) is 4.71. The number of aliphatic hydroxyl groups is 1. The Labute approximate surface area is 108 Å². The molecule has 19 heavy (non-hydrogen) atoms. The van der Waals surface area contributed by atoms with Crippen LogP contribution in [0.4, 0.5) is 22.0 Å². The van der Waals surface area contributed by atoms with Crippen molar-refractivity contribution in [1.82, 2.24) is 0 Å². The van der Waals surface area contributed by atoms with Crippen LogP contribution in [-0.4, -0.2) is 17.2 Å². The van der Waals surface area contributed by atoms with Gasteiger partial charge in [0.05, 0.1) is 12.0 Å². The fourth-order valence-corrected chi connectivity index (χ4v) is 1.76. The van der Waals surface area contributed by atoms with Crippen LogP contribution in [0, 0.1) is 0 Å². The van der Waals surface area contributed by atoms with Crippen LogP contribution in [0.1, 0.15) is 31.4 Å². The Balaban J connectivity index is 3.04. The van der Waals surface area contributed by atoms with Crippen molar-refractivity contribution < 1.29 is 27.1 Å². The zero-order chi connectivity index (χ0) is 14.9. The summed E-state index contributed by atoms with van der Waals surface area (Å²) in [7, 11) is 0. The smallest absolute Gasteiger partial charge is 0.385 e. The van der Waals surface area contributed by atoms with Gasteiger partial charge in [0.15, 0.2) is 0 Å². The van der Waals surface area contributed by atoms with Gasteiger partial charge in [-0.15, -0.1) is 0 Å². The Kier molecular flexibility index (Phi) is 4.24. The first-order chi connectivity index (χ1) is 8.49. The Morgan fingerprint density at radius 1 is 1.11 bits per heavy atom. The van der Waals surface area contributed by atoms with E-state index in [1.807, 2.05) is 6.92 Å². The predicted molar refractivity (Wildman–Crippen MR) is 61.0 cm³/mol. The van der Waals surface area contributed by atoms with Crippen LogP contribution in [0.15, 0.2) is 24.3 Å². The standard InChI is InChI=1S/C13H15F5O/c1-3-9-5-4-6-10(7-9)11(2,19)8-12(14,15)13(16,17)18/h4-7,19H,3,8H2,1-2H3. The molecule has 1 aromatic carbocycles. The summed E-state index contributed by atoms with van der Waals surface area (Å²) in [6.07, 6.45) is -6.77. The van der Waals surface area contributed by atoms with E-state index in [1.54, 1.807) is 6.07 Å². The minimum atomic E-state index is -5.67. The van der Waals surface area contributed by atoms with Crippen molar-refractivity contribution >= 4 is 0 Å². The number of alkyl halides is 5. The molecule has 0 heterocycles. The summed E-state index contributed by atoms with van der Waals surface area (Å²) in [5.74, 6) is -4.93. The topological polar surface area (TPSA) is 20.2 Å². The lowest BCUT2D eigenvalue weighted by Crippen LogP contribution is -2.42. The lowest BCUT2D eigenvalue weighted by molar-refractivity contribution is -0.296. The molecule has 0 aromatic heterocycles. The number of hydrogen-bond donors (Lipinski definition) is 1. The Morgan fingerprint density at radius 2 is 1.68 bits per heavy atom. The molecule has 6 heteroatoms. The number of hydrogen-bond acceptors (Lipinski definition) is 1. The van der Waals surface area contributed by atoms with Crippen molar-refractivity contribution in [3.05, 3.63) is 35.4 Å². The van der Waals surface area contributed by atoms with E-state index < -0.39 is 24.1 Å². The van der Waals surface area contributed by atoms with Gasteiger partial charge in [-0.2, -0.15) is 22.0 Å². The predicted octanol–water partition coefficient (Wildman–Crippen LogP) is 4.04. The molecule has 1 N–H and O–H groups in total. The van der Waals surface area contributed by atoms with E-state index in [1.165, 1.54) is 18.2 Å². The maximum absolute atomic E-state index is 13.0. The van der Waals surface area contributed by atoms with Crippen molar-refractivity contribution in [2.75, 3.05) is 0 Å². The number of rotatable bonds is 4. The number of aryl methyl sites for hydroxylation is 1. The van der Waals surface area contributed by atoms with Crippen molar-refractivity contribution in [3.63, 3.8) is 0 Å². The van der Waals surface area contributed by atoms with Gasteiger partial charge in [-0.3, -0.25) is 0 Å². The van der Waals surface area contributed by atoms with Crippen LogP contribution in [0.25, 0.3) is 0 Å². The third-order valence-corrected chi connectivity index (χ3v) is 2.94. The molecular formula is C13H15F5O. The second-order valence-electron chi connectivity index (χ2n) is 4.71. The SMILES string of the molecule is CCc1cccc(C(C)(O)CC(F)(F)C(F)(F)F)c1. The monoisotopic (exact) mass is 282 g/mol. The summed E-state index contributed by atoms with van der Waals surface area (Å²) >= 11 is 0. The van der Waals surface area contributed by atoms with E-state index >= 15 is 0 Å². The van der Waals surface area contributed by atoms with Crippen molar-refractivity contribution in [3.8, 4) is 0 Å². The molecule has 0 saturated carbocycles. The van der Waals surface area contributed by atoms with Gasteiger partial charge in [-0.25, -0.2) is 0 Å². The molecule has 0 saturated heterocycles. The zero-order valence-corrected chi connectivity index (χ0v) is 10.6. The molecule has 0 amide bonds. The molecule has 0 spiro atoms. The largest absolute Gasteiger partial charge is 0.453 e. The summed E-state index contributed by atoms with van der Waals surface area (Å²) < 4.78 is 62.5. The summed E-state index contributed by atoms with van der Waals surface area (Å²) in [6.45, 7) is 2.78. The van der Waals surface area contributed by atoms with Gasteiger partial charge < -0.3 is 5.11 Å². The van der Waals surface area contributed by atoms with Crippen molar-refractivity contribution in [2.45, 2.75) is 44.4 Å². The van der Waals surface area contributed by atoms with Gasteiger partial charge in [-0.05, 0) is 24.5 Å². The van der Waals surface area contributed by atoms with Crippen LogP contribution in [-0.2, 0) is 12.0 Å². The van der Waals surface area contributed by atoms with E-state index in [0.717, 1.165) is 12.5 Å². The highest BCUT2D eigenvalue weighted by molar-refractivity contribution is 5.28. The normalized spacial score (nSPS) is 16.2. The quantitative estimate of drug-likeness (QED) is 0.826. The van der Waals surface area contributed by atoms with E-state index in [-0.39, 0.29) is 5.56 Å². The molecule has 0 radical (unpaired) electrons. The van der Waals surface area contributed by atoms with Crippen LogP contribution < -0.4 is 0 Å². The van der Waals surface area contributed by atoms with Crippen LogP contribution in [0.3, 0.4) is 0 Å². The lowest BCUT2D eigenvalue weighted by Gasteiger charge is -2.30. The molecule has 108 valence electrons. The fourth-order valence-electron chi connectivity index (χ4n) is 1.76. The van der Waals surface area contributed by atoms with E-state index in [9.17, 15) is 27.1 Å². The first kappa shape index (κ1) is 15.9. The molecular weight excluding hydrogens is 267 g/mol. The van der Waals surface area contributed by atoms with E-state index in [0.29, 0.717) is 6.42 Å². The molecule has 1 nitrogen and oxygen atoms in total. The highest BCUT2D eigenvalue weighted by Crippen LogP contribution is 2.43. The highest BCUT2D eigenvalue weighted by Gasteiger charge is 2.59. The van der Waals surface area contributed by atoms with E-state index in [4.69, 9.17) is 0 Å². The van der Waals surface area contributed by atoms with Crippen LogP contribution in [0.2, 0.25) is 0 Å². The minimum Gasteiger partial charge on any atom is -0.385 e. The van der Waals surface area contributed by atoms with Crippen LogP contribution in [0.5, 0.6) is 0 Å². The van der Waals surface area contributed by atoms with Gasteiger partial charge in [0.1, 0.15) is 0 Å². The van der Waals surface area contributed by atoms with Gasteiger partial charge in [0.2, 0.25) is 0 Å². The van der Waals surface area contributed by atoms with Gasteiger partial charge in [-0.1, -0.05) is 31.2 Å². The van der Waals surface area contributed by atoms with E-state index in [2.05, 4.69) is 0 Å². The Bertz CT molecular complexity index is 437. The Hall–Kier alpha value is -1.17.